The Morgan fingerprint density at radius 2 is 1.76 bits per heavy atom. The van der Waals surface area contributed by atoms with Gasteiger partial charge in [0.2, 0.25) is 5.78 Å². The third-order valence-corrected chi connectivity index (χ3v) is 7.00. The number of hydrogen-bond donors (Lipinski definition) is 6. The van der Waals surface area contributed by atoms with Gasteiger partial charge in [-0.15, -0.1) is 0 Å². The van der Waals surface area contributed by atoms with E-state index in [9.17, 15) is 39.9 Å². The molecule has 1 saturated carbocycles. The fraction of sp³-hybridized carbons (Fsp3) is 0.409. The van der Waals surface area contributed by atoms with Crippen molar-refractivity contribution in [3.8, 4) is 5.75 Å². The van der Waals surface area contributed by atoms with Crippen LogP contribution in [0.2, 0.25) is 0 Å². The number of aliphatic hydroxyl groups excluding tert-OH is 2. The van der Waals surface area contributed by atoms with Crippen molar-refractivity contribution in [3.05, 3.63) is 46.2 Å². The van der Waals surface area contributed by atoms with Crippen LogP contribution in [0.3, 0.4) is 0 Å². The van der Waals surface area contributed by atoms with E-state index in [0.29, 0.717) is 0 Å². The van der Waals surface area contributed by atoms with Gasteiger partial charge in [-0.05, 0) is 37.6 Å². The van der Waals surface area contributed by atoms with E-state index >= 15 is 0 Å². The van der Waals surface area contributed by atoms with E-state index in [1.54, 1.807) is 0 Å². The number of carbonyl (C=O) groups is 3. The van der Waals surface area contributed by atoms with Crippen LogP contribution >= 0.6 is 8.25 Å². The smallest absolute Gasteiger partial charge is 0.872 e. The van der Waals surface area contributed by atoms with Crippen molar-refractivity contribution in [3.63, 3.8) is 0 Å². The van der Waals surface area contributed by atoms with E-state index in [0.717, 1.165) is 6.07 Å². The molecule has 3 aliphatic carbocycles. The van der Waals surface area contributed by atoms with E-state index in [-0.39, 0.29) is 47.1 Å². The Bertz CT molecular complexity index is 1260. The van der Waals surface area contributed by atoms with Crippen LogP contribution in [-0.2, 0) is 24.5 Å². The van der Waals surface area contributed by atoms with Gasteiger partial charge in [-0.25, -0.2) is 0 Å². The van der Waals surface area contributed by atoms with Gasteiger partial charge in [-0.3, -0.25) is 19.3 Å². The summed E-state index contributed by atoms with van der Waals surface area (Å²) in [4.78, 5) is 55.5. The summed E-state index contributed by atoms with van der Waals surface area (Å²) in [6, 6.07) is 2.79. The minimum absolute atomic E-state index is 0. The largest absolute Gasteiger partial charge is 1.00 e. The van der Waals surface area contributed by atoms with E-state index in [1.165, 1.54) is 38.1 Å². The van der Waals surface area contributed by atoms with Crippen molar-refractivity contribution in [2.75, 3.05) is 14.1 Å². The number of fused-ring (bicyclic) bond motifs is 3. The summed E-state index contributed by atoms with van der Waals surface area (Å²) in [5, 5.41) is 56.9. The quantitative estimate of drug-likeness (QED) is 0.116. The second kappa shape index (κ2) is 10.5. The van der Waals surface area contributed by atoms with Crippen molar-refractivity contribution in [2.45, 2.75) is 30.6 Å². The SMILES string of the molecule is CN(C)[C@@H]1C(=O)C(C(N)=O)=C(O)[C@@]2(O)C(=O)C3=C(O)c4c([O-])cccc4[C@@](C)(O)[C@H]3C[C@@H]12.O=[P+]([O-])O.[Na+]. The maximum Gasteiger partial charge on any atom is 1.00 e. The van der Waals surface area contributed by atoms with Crippen molar-refractivity contribution in [1.29, 1.82) is 0 Å². The first-order valence-corrected chi connectivity index (χ1v) is 11.6. The molecule has 0 bridgehead atoms. The monoisotopic (exact) mass is 546 g/mol. The van der Waals surface area contributed by atoms with Gasteiger partial charge in [0.1, 0.15) is 17.1 Å². The van der Waals surface area contributed by atoms with Crippen LogP contribution in [0, 0.1) is 11.8 Å². The summed E-state index contributed by atoms with van der Waals surface area (Å²) in [6.45, 7) is 1.37. The molecule has 1 aromatic rings. The zero-order valence-corrected chi connectivity index (χ0v) is 23.2. The van der Waals surface area contributed by atoms with Gasteiger partial charge < -0.3 is 36.2 Å². The molecule has 0 spiro atoms. The number of primary amides is 1. The number of aliphatic hydroxyl groups is 4. The maximum atomic E-state index is 13.6. The molecule has 1 unspecified atom stereocenters. The Morgan fingerprint density at radius 1 is 1.22 bits per heavy atom. The number of nitrogens with zero attached hydrogens (tertiary/aromatic N) is 1. The molecule has 1 fully saturated rings. The first-order chi connectivity index (χ1) is 16.5. The topological polar surface area (TPSA) is 245 Å². The second-order valence-electron chi connectivity index (χ2n) is 9.18. The van der Waals surface area contributed by atoms with Crippen molar-refractivity contribution < 1.29 is 83.8 Å². The number of rotatable bonds is 2. The zero-order chi connectivity index (χ0) is 27.5. The molecule has 0 saturated heterocycles. The minimum atomic E-state index is -3.12. The summed E-state index contributed by atoms with van der Waals surface area (Å²) in [5.74, 6) is -8.32. The first kappa shape index (κ1) is 31.0. The normalized spacial score (nSPS) is 30.9. The predicted molar refractivity (Wildman–Crippen MR) is 118 cm³/mol. The molecule has 194 valence electrons. The number of nitrogens with two attached hydrogens (primary N) is 1. The Morgan fingerprint density at radius 3 is 2.24 bits per heavy atom. The molecule has 4 rings (SSSR count). The van der Waals surface area contributed by atoms with Crippen LogP contribution in [0.4, 0.5) is 0 Å². The van der Waals surface area contributed by atoms with Gasteiger partial charge in [0.25, 0.3) is 5.91 Å². The molecule has 15 heteroatoms. The third kappa shape index (κ3) is 4.65. The Kier molecular flexibility index (Phi) is 8.83. The molecule has 0 aromatic heterocycles. The number of carbonyl (C=O) groups excluding carboxylic acids is 3. The summed E-state index contributed by atoms with van der Waals surface area (Å²) < 4.78 is 8.59. The van der Waals surface area contributed by atoms with Crippen LogP contribution in [-0.4, -0.2) is 73.4 Å². The number of likely N-dealkylation sites (N-methyl/N-ethyl adjacent to an activating group) is 1. The Labute approximate surface area is 233 Å². The standard InChI is InChI=1S/C22H24N2O8.Na.HO3P/c1-21(31)8-5-4-6-11(25)12(8)16(26)13-9(21)7-10-15(24(2)3)17(27)14(20(23)30)19(29)22(10,32)18(13)28;;1-4(2)3/h4-6,9-10,15,25-26,29,31-32H,7H2,1-3H3,(H2,23,30);;(H,1,2,3)/q;+1;/p-1/t9-,10-,15-,21+,22-;;/m0../s1. The number of amides is 1. The molecule has 37 heavy (non-hydrogen) atoms. The van der Waals surface area contributed by atoms with Crippen LogP contribution < -0.4 is 45.3 Å². The molecule has 3 aliphatic rings. The zero-order valence-electron chi connectivity index (χ0n) is 20.3. The molecular formula is C22H24N2NaO11P. The molecule has 0 heterocycles. The fourth-order valence-corrected chi connectivity index (χ4v) is 5.49. The molecule has 0 radical (unpaired) electrons. The number of hydrogen-bond acceptors (Lipinski definition) is 11. The van der Waals surface area contributed by atoms with Gasteiger partial charge in [0.15, 0.2) is 11.4 Å². The molecular weight excluding hydrogens is 522 g/mol. The number of ketones is 2. The minimum Gasteiger partial charge on any atom is -0.872 e. The average Bonchev–Trinajstić information content (AvgIpc) is 2.73. The maximum absolute atomic E-state index is 13.6. The van der Waals surface area contributed by atoms with Gasteiger partial charge in [0.05, 0.1) is 11.6 Å². The van der Waals surface area contributed by atoms with Crippen molar-refractivity contribution in [1.82, 2.24) is 4.90 Å². The first-order valence-electron chi connectivity index (χ1n) is 10.5. The van der Waals surface area contributed by atoms with Gasteiger partial charge in [-0.1, -0.05) is 23.9 Å². The predicted octanol–water partition coefficient (Wildman–Crippen LogP) is -5.00. The third-order valence-electron chi connectivity index (χ3n) is 7.00. The van der Waals surface area contributed by atoms with Crippen LogP contribution in [0.5, 0.6) is 5.75 Å². The molecule has 1 aromatic carbocycles. The van der Waals surface area contributed by atoms with Crippen LogP contribution in [0.25, 0.3) is 5.76 Å². The second-order valence-corrected chi connectivity index (χ2v) is 9.65. The molecule has 7 N–H and O–H groups in total. The van der Waals surface area contributed by atoms with E-state index in [2.05, 4.69) is 0 Å². The van der Waals surface area contributed by atoms with Gasteiger partial charge >= 0.3 is 37.8 Å². The summed E-state index contributed by atoms with van der Waals surface area (Å²) in [6.07, 6.45) is -0.220. The molecule has 6 atom stereocenters. The number of Topliss-reactive ketones (excluding diaryl/α,β-unsaturated/α-hetero) is 2. The summed E-state index contributed by atoms with van der Waals surface area (Å²) >= 11 is 0. The van der Waals surface area contributed by atoms with E-state index in [1.807, 2.05) is 0 Å². The Hall–Kier alpha value is -2.19. The Balaban J connectivity index is 0.000000898. The van der Waals surface area contributed by atoms with E-state index < -0.39 is 83.2 Å². The summed E-state index contributed by atoms with van der Waals surface area (Å²) in [7, 11) is -0.130. The molecule has 0 aliphatic heterocycles. The molecule has 1 amide bonds. The number of benzene rings is 1. The van der Waals surface area contributed by atoms with Crippen LogP contribution in [0.1, 0.15) is 24.5 Å². The van der Waals surface area contributed by atoms with Crippen LogP contribution in [0.15, 0.2) is 35.1 Å². The molecule has 13 nitrogen and oxygen atoms in total. The van der Waals surface area contributed by atoms with Crippen molar-refractivity contribution in [2.24, 2.45) is 17.6 Å². The van der Waals surface area contributed by atoms with Gasteiger partial charge in [-0.2, -0.15) is 4.89 Å². The van der Waals surface area contributed by atoms with Gasteiger partial charge in [0, 0.05) is 23.0 Å². The van der Waals surface area contributed by atoms with Crippen molar-refractivity contribution >= 4 is 31.5 Å². The average molecular weight is 546 g/mol. The van der Waals surface area contributed by atoms with E-state index in [4.69, 9.17) is 20.1 Å². The fourth-order valence-electron chi connectivity index (χ4n) is 5.49. The summed E-state index contributed by atoms with van der Waals surface area (Å²) in [5.41, 5.74) is -0.843.